The second-order valence-electron chi connectivity index (χ2n) is 5.39. The van der Waals surface area contributed by atoms with Crippen molar-refractivity contribution in [1.82, 2.24) is 13.5 Å². The van der Waals surface area contributed by atoms with Crippen molar-refractivity contribution in [3.63, 3.8) is 0 Å². The Balaban J connectivity index is 2.01. The highest BCUT2D eigenvalue weighted by Gasteiger charge is 2.43. The van der Waals surface area contributed by atoms with E-state index in [9.17, 15) is 8.42 Å². The molecule has 6 nitrogen and oxygen atoms in total. The van der Waals surface area contributed by atoms with E-state index in [1.54, 1.807) is 18.2 Å². The number of hydrogen-bond acceptors (Lipinski definition) is 6. The summed E-state index contributed by atoms with van der Waals surface area (Å²) in [6.07, 6.45) is 2.03. The largest absolute Gasteiger partial charge is 0.329 e. The van der Waals surface area contributed by atoms with Crippen LogP contribution in [0.4, 0.5) is 0 Å². The first kappa shape index (κ1) is 13.9. The fraction of sp³-hybridized carbons (Fsp3) is 0.500. The lowest BCUT2D eigenvalue weighted by atomic mass is 9.98. The summed E-state index contributed by atoms with van der Waals surface area (Å²) >= 11 is 1.01. The Kier molecular flexibility index (Phi) is 3.28. The Hall–Kier alpha value is -1.09. The van der Waals surface area contributed by atoms with E-state index in [0.717, 1.165) is 24.6 Å². The molecular weight excluding hydrogens is 296 g/mol. The fourth-order valence-corrected chi connectivity index (χ4v) is 4.62. The third-order valence-corrected chi connectivity index (χ3v) is 5.99. The van der Waals surface area contributed by atoms with Gasteiger partial charge in [-0.3, -0.25) is 0 Å². The molecule has 1 aliphatic carbocycles. The van der Waals surface area contributed by atoms with Gasteiger partial charge >= 0.3 is 0 Å². The summed E-state index contributed by atoms with van der Waals surface area (Å²) in [5.41, 5.74) is 6.19. The Bertz CT molecular complexity index is 739. The maximum atomic E-state index is 12.6. The van der Waals surface area contributed by atoms with Crippen molar-refractivity contribution in [2.75, 3.05) is 6.54 Å². The molecule has 8 heteroatoms. The van der Waals surface area contributed by atoms with Crippen LogP contribution in [0.1, 0.15) is 19.8 Å². The highest BCUT2D eigenvalue weighted by Crippen LogP contribution is 2.40. The molecule has 1 aliphatic rings. The lowest BCUT2D eigenvalue weighted by molar-refractivity contribution is 0.374. The van der Waals surface area contributed by atoms with Crippen LogP contribution in [-0.2, 0) is 10.0 Å². The van der Waals surface area contributed by atoms with Crippen LogP contribution in [0.3, 0.4) is 0 Å². The number of aromatic nitrogens is 2. The van der Waals surface area contributed by atoms with E-state index in [-0.39, 0.29) is 11.4 Å². The van der Waals surface area contributed by atoms with Crippen molar-refractivity contribution in [2.45, 2.75) is 30.2 Å². The summed E-state index contributed by atoms with van der Waals surface area (Å²) < 4.78 is 36.2. The minimum absolute atomic E-state index is 0.170. The Labute approximate surface area is 121 Å². The average Bonchev–Trinajstić information content (AvgIpc) is 3.16. The van der Waals surface area contributed by atoms with Gasteiger partial charge in [-0.25, -0.2) is 13.1 Å². The van der Waals surface area contributed by atoms with Crippen LogP contribution in [0.25, 0.3) is 11.0 Å². The van der Waals surface area contributed by atoms with E-state index in [1.807, 2.05) is 6.92 Å². The number of benzene rings is 1. The molecule has 1 saturated carbocycles. The molecule has 1 atom stereocenters. The Morgan fingerprint density at radius 1 is 1.45 bits per heavy atom. The van der Waals surface area contributed by atoms with Gasteiger partial charge < -0.3 is 5.73 Å². The van der Waals surface area contributed by atoms with Crippen LogP contribution < -0.4 is 10.5 Å². The number of sulfonamides is 1. The molecule has 2 aromatic rings. The SMILES string of the molecule is CC(CN)(NS(=O)(=O)c1cccc2nsnc12)C1CC1. The first-order valence-electron chi connectivity index (χ1n) is 6.41. The second-order valence-corrected chi connectivity index (χ2v) is 7.57. The third-order valence-electron chi connectivity index (χ3n) is 3.81. The van der Waals surface area contributed by atoms with Crippen LogP contribution in [0.15, 0.2) is 23.1 Å². The van der Waals surface area contributed by atoms with E-state index >= 15 is 0 Å². The predicted octanol–water partition coefficient (Wildman–Crippen LogP) is 1.10. The van der Waals surface area contributed by atoms with E-state index in [4.69, 9.17) is 5.73 Å². The monoisotopic (exact) mass is 312 g/mol. The summed E-state index contributed by atoms with van der Waals surface area (Å²) in [7, 11) is -3.66. The number of nitrogens with two attached hydrogens (primary N) is 1. The zero-order valence-electron chi connectivity index (χ0n) is 11.0. The highest BCUT2D eigenvalue weighted by molar-refractivity contribution is 7.89. The molecule has 3 rings (SSSR count). The molecule has 1 aromatic heterocycles. The van der Waals surface area contributed by atoms with E-state index < -0.39 is 15.6 Å². The number of rotatable bonds is 5. The molecule has 3 N–H and O–H groups in total. The van der Waals surface area contributed by atoms with Crippen molar-refractivity contribution in [3.05, 3.63) is 18.2 Å². The maximum absolute atomic E-state index is 12.6. The van der Waals surface area contributed by atoms with Crippen molar-refractivity contribution >= 4 is 32.8 Å². The minimum Gasteiger partial charge on any atom is -0.329 e. The molecule has 1 fully saturated rings. The molecular formula is C12H16N4O2S2. The highest BCUT2D eigenvalue weighted by atomic mass is 32.2. The van der Waals surface area contributed by atoms with Crippen molar-refractivity contribution < 1.29 is 8.42 Å². The van der Waals surface area contributed by atoms with Gasteiger partial charge in [-0.1, -0.05) is 6.07 Å². The lowest BCUT2D eigenvalue weighted by Crippen LogP contribution is -2.53. The van der Waals surface area contributed by atoms with Crippen molar-refractivity contribution in [1.29, 1.82) is 0 Å². The van der Waals surface area contributed by atoms with Gasteiger partial charge in [0.15, 0.2) is 0 Å². The second kappa shape index (κ2) is 4.73. The molecule has 1 unspecified atom stereocenters. The van der Waals surface area contributed by atoms with Gasteiger partial charge in [0.25, 0.3) is 0 Å². The summed E-state index contributed by atoms with van der Waals surface area (Å²) in [4.78, 5) is 0.170. The standard InChI is InChI=1S/C12H16N4O2S2/c1-12(7-13,8-5-6-8)16-20(17,18)10-4-2-3-9-11(10)15-19-14-9/h2-4,8,16H,5-7,13H2,1H3. The summed E-state index contributed by atoms with van der Waals surface area (Å²) in [6.45, 7) is 2.14. The van der Waals surface area contributed by atoms with Crippen LogP contribution in [-0.4, -0.2) is 29.2 Å². The predicted molar refractivity (Wildman–Crippen MR) is 77.9 cm³/mol. The van der Waals surface area contributed by atoms with Gasteiger partial charge in [0, 0.05) is 12.1 Å². The molecule has 108 valence electrons. The summed E-state index contributed by atoms with van der Waals surface area (Å²) in [5.74, 6) is 0.315. The van der Waals surface area contributed by atoms with Gasteiger partial charge in [-0.05, 0) is 37.8 Å². The molecule has 0 spiro atoms. The van der Waals surface area contributed by atoms with E-state index in [2.05, 4.69) is 13.5 Å². The molecule has 0 aliphatic heterocycles. The lowest BCUT2D eigenvalue weighted by Gasteiger charge is -2.29. The molecule has 20 heavy (non-hydrogen) atoms. The molecule has 1 heterocycles. The molecule has 0 bridgehead atoms. The number of nitrogens with one attached hydrogen (secondary N) is 1. The molecule has 0 radical (unpaired) electrons. The van der Waals surface area contributed by atoms with Crippen LogP contribution in [0.5, 0.6) is 0 Å². The number of nitrogens with zero attached hydrogens (tertiary/aromatic N) is 2. The average molecular weight is 312 g/mol. The summed E-state index contributed by atoms with van der Waals surface area (Å²) in [6, 6.07) is 4.98. The van der Waals surface area contributed by atoms with E-state index in [0.29, 0.717) is 17.0 Å². The van der Waals surface area contributed by atoms with Crippen molar-refractivity contribution in [3.8, 4) is 0 Å². The zero-order chi connectivity index (χ0) is 14.4. The van der Waals surface area contributed by atoms with Gasteiger partial charge in [0.05, 0.1) is 11.7 Å². The topological polar surface area (TPSA) is 98.0 Å². The van der Waals surface area contributed by atoms with Crippen LogP contribution in [0.2, 0.25) is 0 Å². The normalized spacial score (nSPS) is 19.1. The van der Waals surface area contributed by atoms with Gasteiger partial charge in [0.1, 0.15) is 15.9 Å². The van der Waals surface area contributed by atoms with E-state index in [1.165, 1.54) is 0 Å². The quantitative estimate of drug-likeness (QED) is 0.861. The van der Waals surface area contributed by atoms with Gasteiger partial charge in [-0.2, -0.15) is 8.75 Å². The third kappa shape index (κ3) is 2.32. The molecule has 0 amide bonds. The van der Waals surface area contributed by atoms with Gasteiger partial charge in [-0.15, -0.1) is 0 Å². The Morgan fingerprint density at radius 2 is 2.20 bits per heavy atom. The van der Waals surface area contributed by atoms with Crippen LogP contribution in [0, 0.1) is 5.92 Å². The smallest absolute Gasteiger partial charge is 0.243 e. The number of hydrogen-bond donors (Lipinski definition) is 2. The number of fused-ring (bicyclic) bond motifs is 1. The minimum atomic E-state index is -3.66. The van der Waals surface area contributed by atoms with Gasteiger partial charge in [0.2, 0.25) is 10.0 Å². The van der Waals surface area contributed by atoms with Crippen LogP contribution >= 0.6 is 11.7 Å². The molecule has 1 aromatic carbocycles. The fourth-order valence-electron chi connectivity index (χ4n) is 2.37. The summed E-state index contributed by atoms with van der Waals surface area (Å²) in [5, 5.41) is 0. The Morgan fingerprint density at radius 3 is 2.85 bits per heavy atom. The zero-order valence-corrected chi connectivity index (χ0v) is 12.7. The maximum Gasteiger partial charge on any atom is 0.243 e. The molecule has 0 saturated heterocycles. The first-order valence-corrected chi connectivity index (χ1v) is 8.63. The van der Waals surface area contributed by atoms with Crippen molar-refractivity contribution in [2.24, 2.45) is 11.7 Å². The first-order chi connectivity index (χ1) is 9.46.